The highest BCUT2D eigenvalue weighted by Gasteiger charge is 2.62. The van der Waals surface area contributed by atoms with Gasteiger partial charge in [0.1, 0.15) is 12.2 Å². The van der Waals surface area contributed by atoms with E-state index in [-0.39, 0.29) is 35.0 Å². The summed E-state index contributed by atoms with van der Waals surface area (Å²) < 4.78 is 10.6. The second-order valence-corrected chi connectivity index (χ2v) is 13.9. The number of carbonyl (C=O) groups excluding carboxylic acids is 2. The summed E-state index contributed by atoms with van der Waals surface area (Å²) in [7, 11) is 1.47. The van der Waals surface area contributed by atoms with Crippen LogP contribution in [-0.2, 0) is 28.8 Å². The minimum Gasteiger partial charge on any atom is -0.469 e. The Kier molecular flexibility index (Phi) is 8.22. The number of rotatable bonds is 7. The third-order valence-corrected chi connectivity index (χ3v) is 10.6. The highest BCUT2D eigenvalue weighted by atomic mass is 17.2. The summed E-state index contributed by atoms with van der Waals surface area (Å²) in [6.07, 6.45) is 11.3. The average molecular weight is 519 g/mol. The van der Waals surface area contributed by atoms with Crippen molar-refractivity contribution < 1.29 is 28.8 Å². The first-order chi connectivity index (χ1) is 17.3. The van der Waals surface area contributed by atoms with Gasteiger partial charge in [0.15, 0.2) is 0 Å². The first-order valence-corrected chi connectivity index (χ1v) is 14.6. The van der Waals surface area contributed by atoms with E-state index in [1.165, 1.54) is 33.3 Å². The molecule has 4 aliphatic carbocycles. The van der Waals surface area contributed by atoms with Crippen molar-refractivity contribution in [3.05, 3.63) is 11.6 Å². The topological polar surface area (TPSA) is 71.1 Å². The fourth-order valence-electron chi connectivity index (χ4n) is 8.74. The number of carbonyl (C=O) groups is 2. The molecule has 6 heteroatoms. The van der Waals surface area contributed by atoms with Crippen molar-refractivity contribution in [2.45, 2.75) is 124 Å². The van der Waals surface area contributed by atoms with Crippen molar-refractivity contribution in [2.75, 3.05) is 7.11 Å². The zero-order chi connectivity index (χ0) is 27.2. The van der Waals surface area contributed by atoms with Crippen LogP contribution in [0.5, 0.6) is 0 Å². The van der Waals surface area contributed by atoms with E-state index in [2.05, 4.69) is 26.8 Å². The number of hydrogen-bond donors (Lipinski definition) is 0. The molecule has 3 saturated carbocycles. The second-order valence-electron chi connectivity index (χ2n) is 13.9. The summed E-state index contributed by atoms with van der Waals surface area (Å²) >= 11 is 0. The summed E-state index contributed by atoms with van der Waals surface area (Å²) in [6, 6.07) is 0. The van der Waals surface area contributed by atoms with Gasteiger partial charge in [-0.15, -0.1) is 0 Å². The van der Waals surface area contributed by atoms with Crippen LogP contribution in [0.2, 0.25) is 0 Å². The maximum Gasteiger partial charge on any atom is 0.305 e. The highest BCUT2D eigenvalue weighted by molar-refractivity contribution is 5.69. The van der Waals surface area contributed by atoms with Crippen LogP contribution in [0.3, 0.4) is 0 Å². The van der Waals surface area contributed by atoms with Gasteiger partial charge in [-0.25, -0.2) is 9.78 Å². The summed E-state index contributed by atoms with van der Waals surface area (Å²) in [5.74, 6) is 2.18. The molecule has 0 aromatic rings. The molecule has 37 heavy (non-hydrogen) atoms. The Labute approximate surface area is 224 Å². The Balaban J connectivity index is 1.65. The van der Waals surface area contributed by atoms with E-state index < -0.39 is 5.60 Å². The van der Waals surface area contributed by atoms with E-state index in [0.29, 0.717) is 36.0 Å². The van der Waals surface area contributed by atoms with E-state index in [1.807, 2.05) is 20.8 Å². The molecule has 4 unspecified atom stereocenters. The number of ether oxygens (including phenoxy) is 2. The Morgan fingerprint density at radius 2 is 1.84 bits per heavy atom. The molecule has 0 radical (unpaired) electrons. The van der Waals surface area contributed by atoms with E-state index in [1.54, 1.807) is 5.57 Å². The quantitative estimate of drug-likeness (QED) is 0.160. The molecule has 9 atom stereocenters. The number of hydrogen-bond acceptors (Lipinski definition) is 6. The summed E-state index contributed by atoms with van der Waals surface area (Å²) in [5, 5.41) is 0. The molecule has 0 amide bonds. The number of esters is 2. The third-order valence-electron chi connectivity index (χ3n) is 10.6. The molecule has 0 aromatic heterocycles. The predicted molar refractivity (Wildman–Crippen MR) is 142 cm³/mol. The lowest BCUT2D eigenvalue weighted by atomic mass is 9.47. The average Bonchev–Trinajstić information content (AvgIpc) is 3.18. The molecule has 4 aliphatic rings. The van der Waals surface area contributed by atoms with Crippen LogP contribution in [0.25, 0.3) is 0 Å². The normalized spacial score (nSPS) is 40.1. The van der Waals surface area contributed by atoms with E-state index in [9.17, 15) is 9.59 Å². The van der Waals surface area contributed by atoms with Gasteiger partial charge < -0.3 is 9.47 Å². The first-order valence-electron chi connectivity index (χ1n) is 14.6. The zero-order valence-electron chi connectivity index (χ0n) is 24.4. The van der Waals surface area contributed by atoms with Gasteiger partial charge in [-0.2, -0.15) is 0 Å². The second kappa shape index (κ2) is 10.6. The molecule has 0 N–H and O–H groups in total. The summed E-state index contributed by atoms with van der Waals surface area (Å²) in [5.41, 5.74) is 1.23. The molecule has 0 aliphatic heterocycles. The van der Waals surface area contributed by atoms with Crippen molar-refractivity contribution in [2.24, 2.45) is 40.4 Å². The lowest BCUT2D eigenvalue weighted by molar-refractivity contribution is -0.385. The van der Waals surface area contributed by atoms with Crippen LogP contribution in [0.1, 0.15) is 106 Å². The van der Waals surface area contributed by atoms with Gasteiger partial charge in [0.2, 0.25) is 0 Å². The maximum absolute atomic E-state index is 11.9. The smallest absolute Gasteiger partial charge is 0.305 e. The van der Waals surface area contributed by atoms with Gasteiger partial charge >= 0.3 is 11.9 Å². The summed E-state index contributed by atoms with van der Waals surface area (Å²) in [6.45, 7) is 14.8. The monoisotopic (exact) mass is 518 g/mol. The fourth-order valence-corrected chi connectivity index (χ4v) is 8.74. The van der Waals surface area contributed by atoms with Crippen molar-refractivity contribution in [3.8, 4) is 0 Å². The van der Waals surface area contributed by atoms with Crippen LogP contribution in [0.4, 0.5) is 0 Å². The van der Waals surface area contributed by atoms with E-state index in [4.69, 9.17) is 19.2 Å². The molecule has 4 rings (SSSR count). The zero-order valence-corrected chi connectivity index (χ0v) is 24.4. The standard InChI is InChI=1S/C31H50O6/c1-19(9-14-28(33)34-8)24-12-13-25-23-11-10-21-17-22(35-20(2)32)15-16-30(21,6)26(23)18-27(31(24,25)7)36-37-29(3,4)5/h18-19,21-25,27H,9-17H2,1-8H3/t19-,21-,22-,23?,24?,25?,27?,30+,31-/m1/s1. The van der Waals surface area contributed by atoms with Crippen molar-refractivity contribution in [1.29, 1.82) is 0 Å². The van der Waals surface area contributed by atoms with E-state index >= 15 is 0 Å². The molecular formula is C31H50O6. The fraction of sp³-hybridized carbons (Fsp3) is 0.871. The minimum absolute atomic E-state index is 0.0457. The van der Waals surface area contributed by atoms with Crippen molar-refractivity contribution >= 4 is 11.9 Å². The van der Waals surface area contributed by atoms with Crippen LogP contribution >= 0.6 is 0 Å². The van der Waals surface area contributed by atoms with Gasteiger partial charge in [-0.05, 0) is 107 Å². The predicted octanol–water partition coefficient (Wildman–Crippen LogP) is 6.81. The molecule has 210 valence electrons. The molecule has 0 saturated heterocycles. The minimum atomic E-state index is -0.396. The first kappa shape index (κ1) is 28.6. The molecule has 0 spiro atoms. The number of allylic oxidation sites excluding steroid dienone is 1. The van der Waals surface area contributed by atoms with Gasteiger partial charge in [0.25, 0.3) is 0 Å². The summed E-state index contributed by atoms with van der Waals surface area (Å²) in [4.78, 5) is 36.0. The Morgan fingerprint density at radius 3 is 2.49 bits per heavy atom. The Hall–Kier alpha value is -1.40. The van der Waals surface area contributed by atoms with Crippen LogP contribution < -0.4 is 0 Å². The van der Waals surface area contributed by atoms with Gasteiger partial charge in [0.05, 0.1) is 12.7 Å². The Morgan fingerprint density at radius 1 is 1.11 bits per heavy atom. The number of fused-ring (bicyclic) bond motifs is 5. The van der Waals surface area contributed by atoms with Gasteiger partial charge in [-0.3, -0.25) is 9.59 Å². The van der Waals surface area contributed by atoms with Crippen molar-refractivity contribution in [3.63, 3.8) is 0 Å². The van der Waals surface area contributed by atoms with Crippen LogP contribution in [0.15, 0.2) is 11.6 Å². The van der Waals surface area contributed by atoms with Crippen molar-refractivity contribution in [1.82, 2.24) is 0 Å². The van der Waals surface area contributed by atoms with Gasteiger partial charge in [0, 0.05) is 18.8 Å². The van der Waals surface area contributed by atoms with Crippen LogP contribution in [0, 0.1) is 40.4 Å². The van der Waals surface area contributed by atoms with Crippen LogP contribution in [-0.4, -0.2) is 36.9 Å². The largest absolute Gasteiger partial charge is 0.469 e. The molecule has 3 fully saturated rings. The third kappa shape index (κ3) is 5.52. The van der Waals surface area contributed by atoms with Gasteiger partial charge in [-0.1, -0.05) is 32.4 Å². The molecule has 0 bridgehead atoms. The molecule has 0 aromatic carbocycles. The molecular weight excluding hydrogens is 468 g/mol. The Bertz CT molecular complexity index is 889. The molecule has 0 heterocycles. The lowest BCUT2D eigenvalue weighted by Crippen LogP contribution is -2.54. The van der Waals surface area contributed by atoms with E-state index in [0.717, 1.165) is 32.1 Å². The maximum atomic E-state index is 11.9. The molecule has 6 nitrogen and oxygen atoms in total. The number of methoxy groups -OCH3 is 1. The SMILES string of the molecule is COC(=O)CC[C@@H](C)C1CCC2C3CC[C@@H]4C[C@H](OC(C)=O)CC[C@]4(C)C3=CC(OOC(C)(C)C)[C@@]21C. The highest BCUT2D eigenvalue weighted by Crippen LogP contribution is 2.67. The lowest BCUT2D eigenvalue weighted by Gasteiger charge is -2.58.